The summed E-state index contributed by atoms with van der Waals surface area (Å²) >= 11 is 7.89. The van der Waals surface area contributed by atoms with Crippen LogP contribution in [-0.2, 0) is 6.67 Å². The highest BCUT2D eigenvalue weighted by molar-refractivity contribution is 7.99. The minimum absolute atomic E-state index is 0.597. The van der Waals surface area contributed by atoms with E-state index in [0.29, 0.717) is 17.6 Å². The van der Waals surface area contributed by atoms with E-state index < -0.39 is 0 Å². The maximum atomic E-state index is 6.29. The van der Waals surface area contributed by atoms with E-state index in [4.69, 9.17) is 11.6 Å². The van der Waals surface area contributed by atoms with Gasteiger partial charge in [0.25, 0.3) is 0 Å². The summed E-state index contributed by atoms with van der Waals surface area (Å²) in [6.07, 6.45) is 3.48. The number of aromatic nitrogens is 5. The first kappa shape index (κ1) is 13.5. The predicted octanol–water partition coefficient (Wildman–Crippen LogP) is 2.92. The summed E-state index contributed by atoms with van der Waals surface area (Å²) in [5, 5.41) is 10.1. The van der Waals surface area contributed by atoms with E-state index in [1.165, 1.54) is 0 Å². The average molecular weight is 331 g/mol. The Morgan fingerprint density at radius 2 is 1.86 bits per heavy atom. The molecule has 8 heteroatoms. The Bertz CT molecular complexity index is 806. The predicted molar refractivity (Wildman–Crippen MR) is 85.7 cm³/mol. The van der Waals surface area contributed by atoms with Crippen LogP contribution in [0.25, 0.3) is 11.4 Å². The SMILES string of the molecule is Clc1ccccc1-c1nnc2n1CN(c1ncccn1)CS2. The van der Waals surface area contributed by atoms with Crippen LogP contribution < -0.4 is 4.90 Å². The molecule has 0 saturated carbocycles. The summed E-state index contributed by atoms with van der Waals surface area (Å²) in [6, 6.07) is 9.45. The van der Waals surface area contributed by atoms with Gasteiger partial charge in [-0.2, -0.15) is 0 Å². The van der Waals surface area contributed by atoms with Gasteiger partial charge in [-0.25, -0.2) is 9.97 Å². The smallest absolute Gasteiger partial charge is 0.227 e. The monoisotopic (exact) mass is 330 g/mol. The third-order valence-electron chi connectivity index (χ3n) is 3.33. The second-order valence-corrected chi connectivity index (χ2v) is 6.04. The minimum atomic E-state index is 0.597. The van der Waals surface area contributed by atoms with Gasteiger partial charge >= 0.3 is 0 Å². The Morgan fingerprint density at radius 3 is 2.68 bits per heavy atom. The first-order chi connectivity index (χ1) is 10.8. The van der Waals surface area contributed by atoms with Crippen LogP contribution in [0, 0.1) is 0 Å². The first-order valence-electron chi connectivity index (χ1n) is 6.66. The molecule has 0 aliphatic carbocycles. The lowest BCUT2D eigenvalue weighted by Gasteiger charge is -2.27. The van der Waals surface area contributed by atoms with E-state index in [2.05, 4.69) is 25.1 Å². The molecule has 3 heterocycles. The fraction of sp³-hybridized carbons (Fsp3) is 0.143. The Labute approximate surface area is 136 Å². The van der Waals surface area contributed by atoms with Crippen LogP contribution in [0.3, 0.4) is 0 Å². The molecule has 0 amide bonds. The first-order valence-corrected chi connectivity index (χ1v) is 8.02. The summed E-state index contributed by atoms with van der Waals surface area (Å²) < 4.78 is 2.03. The van der Waals surface area contributed by atoms with Gasteiger partial charge in [-0.1, -0.05) is 35.5 Å². The van der Waals surface area contributed by atoms with Crippen molar-refractivity contribution in [2.24, 2.45) is 0 Å². The van der Waals surface area contributed by atoms with Gasteiger partial charge in [-0.05, 0) is 18.2 Å². The van der Waals surface area contributed by atoms with Crippen LogP contribution in [-0.4, -0.2) is 30.6 Å². The highest BCUT2D eigenvalue weighted by Gasteiger charge is 2.24. The van der Waals surface area contributed by atoms with Gasteiger partial charge in [0.05, 0.1) is 10.9 Å². The number of anilines is 1. The highest BCUT2D eigenvalue weighted by atomic mass is 35.5. The van der Waals surface area contributed by atoms with Gasteiger partial charge in [-0.3, -0.25) is 4.57 Å². The zero-order valence-electron chi connectivity index (χ0n) is 11.4. The van der Waals surface area contributed by atoms with Gasteiger partial charge < -0.3 is 4.90 Å². The molecule has 2 aromatic heterocycles. The van der Waals surface area contributed by atoms with E-state index >= 15 is 0 Å². The molecule has 0 spiro atoms. The topological polar surface area (TPSA) is 59.7 Å². The number of hydrogen-bond donors (Lipinski definition) is 0. The molecule has 0 fully saturated rings. The fourth-order valence-electron chi connectivity index (χ4n) is 2.29. The molecule has 0 bridgehead atoms. The number of nitrogens with zero attached hydrogens (tertiary/aromatic N) is 6. The van der Waals surface area contributed by atoms with Gasteiger partial charge in [0.1, 0.15) is 6.67 Å². The second-order valence-electron chi connectivity index (χ2n) is 4.72. The number of rotatable bonds is 2. The van der Waals surface area contributed by atoms with Crippen molar-refractivity contribution in [3.8, 4) is 11.4 Å². The Hall–Kier alpha value is -2.12. The van der Waals surface area contributed by atoms with E-state index in [9.17, 15) is 0 Å². The molecule has 0 N–H and O–H groups in total. The van der Waals surface area contributed by atoms with Crippen LogP contribution in [0.5, 0.6) is 0 Å². The Morgan fingerprint density at radius 1 is 1.05 bits per heavy atom. The van der Waals surface area contributed by atoms with Gasteiger partial charge in [-0.15, -0.1) is 10.2 Å². The van der Waals surface area contributed by atoms with E-state index in [1.807, 2.05) is 28.8 Å². The fourth-order valence-corrected chi connectivity index (χ4v) is 3.37. The molecule has 1 aliphatic rings. The zero-order valence-corrected chi connectivity index (χ0v) is 13.0. The summed E-state index contributed by atoms with van der Waals surface area (Å²) in [5.41, 5.74) is 0.874. The number of fused-ring (bicyclic) bond motifs is 1. The molecule has 1 aliphatic heterocycles. The number of halogens is 1. The summed E-state index contributed by atoms with van der Waals surface area (Å²) in [4.78, 5) is 10.7. The third kappa shape index (κ3) is 2.32. The quantitative estimate of drug-likeness (QED) is 0.720. The van der Waals surface area contributed by atoms with Gasteiger partial charge in [0, 0.05) is 18.0 Å². The molecule has 0 radical (unpaired) electrons. The van der Waals surface area contributed by atoms with E-state index in [0.717, 1.165) is 22.4 Å². The second kappa shape index (κ2) is 5.58. The largest absolute Gasteiger partial charge is 0.313 e. The summed E-state index contributed by atoms with van der Waals surface area (Å²) in [5.74, 6) is 2.19. The molecule has 4 rings (SSSR count). The number of benzene rings is 1. The van der Waals surface area contributed by atoms with Crippen LogP contribution in [0.2, 0.25) is 5.02 Å². The maximum absolute atomic E-state index is 6.29. The van der Waals surface area contributed by atoms with Crippen molar-refractivity contribution in [2.75, 3.05) is 10.8 Å². The van der Waals surface area contributed by atoms with E-state index in [-0.39, 0.29) is 0 Å². The van der Waals surface area contributed by atoms with Crippen molar-refractivity contribution in [3.63, 3.8) is 0 Å². The molecular formula is C14H11ClN6S. The van der Waals surface area contributed by atoms with E-state index in [1.54, 1.807) is 30.2 Å². The molecule has 110 valence electrons. The molecule has 0 saturated heterocycles. The number of thioether (sulfide) groups is 1. The zero-order chi connectivity index (χ0) is 14.9. The standard InChI is InChI=1S/C14H11ClN6S/c15-11-5-2-1-4-10(11)12-18-19-14-21(12)8-20(9-22-14)13-16-6-3-7-17-13/h1-7H,8-9H2. The molecule has 1 aromatic carbocycles. The van der Waals surface area contributed by atoms with Gasteiger partial charge in [0.2, 0.25) is 5.95 Å². The van der Waals surface area contributed by atoms with Crippen LogP contribution in [0.4, 0.5) is 5.95 Å². The average Bonchev–Trinajstić information content (AvgIpc) is 2.99. The molecular weight excluding hydrogens is 320 g/mol. The lowest BCUT2D eigenvalue weighted by atomic mass is 10.2. The van der Waals surface area contributed by atoms with Crippen molar-refractivity contribution in [1.82, 2.24) is 24.7 Å². The normalized spacial score (nSPS) is 14.0. The third-order valence-corrected chi connectivity index (χ3v) is 4.66. The Kier molecular flexibility index (Phi) is 3.44. The van der Waals surface area contributed by atoms with Crippen molar-refractivity contribution < 1.29 is 0 Å². The highest BCUT2D eigenvalue weighted by Crippen LogP contribution is 2.32. The molecule has 22 heavy (non-hydrogen) atoms. The van der Waals surface area contributed by atoms with Crippen molar-refractivity contribution in [2.45, 2.75) is 11.8 Å². The van der Waals surface area contributed by atoms with Crippen LogP contribution in [0.15, 0.2) is 47.9 Å². The Balaban J connectivity index is 1.73. The lowest BCUT2D eigenvalue weighted by Crippen LogP contribution is -2.31. The number of hydrogen-bond acceptors (Lipinski definition) is 6. The van der Waals surface area contributed by atoms with Crippen LogP contribution >= 0.6 is 23.4 Å². The molecule has 0 unspecified atom stereocenters. The minimum Gasteiger partial charge on any atom is -0.313 e. The molecule has 6 nitrogen and oxygen atoms in total. The summed E-state index contributed by atoms with van der Waals surface area (Å²) in [6.45, 7) is 0.597. The van der Waals surface area contributed by atoms with Crippen molar-refractivity contribution in [3.05, 3.63) is 47.7 Å². The maximum Gasteiger partial charge on any atom is 0.227 e. The lowest BCUT2D eigenvalue weighted by molar-refractivity contribution is 0.597. The van der Waals surface area contributed by atoms with Crippen molar-refractivity contribution >= 4 is 29.3 Å². The van der Waals surface area contributed by atoms with Gasteiger partial charge in [0.15, 0.2) is 11.0 Å². The molecule has 0 atom stereocenters. The van der Waals surface area contributed by atoms with Crippen molar-refractivity contribution in [1.29, 1.82) is 0 Å². The molecule has 3 aromatic rings. The van der Waals surface area contributed by atoms with Crippen LogP contribution in [0.1, 0.15) is 0 Å². The summed E-state index contributed by atoms with van der Waals surface area (Å²) in [7, 11) is 0.